The maximum absolute atomic E-state index is 5.72. The third-order valence-corrected chi connectivity index (χ3v) is 2.73. The minimum atomic E-state index is 0.733. The van der Waals surface area contributed by atoms with Crippen molar-refractivity contribution in [2.45, 2.75) is 6.54 Å². The van der Waals surface area contributed by atoms with E-state index in [0.717, 1.165) is 35.8 Å². The van der Waals surface area contributed by atoms with E-state index in [9.17, 15) is 0 Å². The first kappa shape index (κ1) is 10.6. The molecule has 18 heavy (non-hydrogen) atoms. The van der Waals surface area contributed by atoms with E-state index in [1.54, 1.807) is 12.5 Å². The molecular weight excluding hydrogens is 228 g/mol. The molecule has 2 aromatic heterocycles. The molecule has 0 fully saturated rings. The van der Waals surface area contributed by atoms with Gasteiger partial charge in [-0.1, -0.05) is 0 Å². The van der Waals surface area contributed by atoms with E-state index in [4.69, 9.17) is 5.73 Å². The first-order valence-electron chi connectivity index (χ1n) is 5.76. The van der Waals surface area contributed by atoms with Gasteiger partial charge in [0.2, 0.25) is 5.95 Å². The van der Waals surface area contributed by atoms with Crippen LogP contribution in [0.2, 0.25) is 0 Å². The van der Waals surface area contributed by atoms with Crippen molar-refractivity contribution in [2.75, 3.05) is 17.6 Å². The number of hydrogen-bond acceptors (Lipinski definition) is 4. The number of benzene rings is 1. The number of hydrogen-bond donors (Lipinski definition) is 3. The Balaban J connectivity index is 1.67. The molecule has 3 rings (SSSR count). The highest BCUT2D eigenvalue weighted by Gasteiger charge is 2.02. The van der Waals surface area contributed by atoms with Crippen LogP contribution in [-0.4, -0.2) is 26.1 Å². The van der Waals surface area contributed by atoms with Gasteiger partial charge in [-0.15, -0.1) is 0 Å². The Morgan fingerprint density at radius 3 is 3.17 bits per heavy atom. The quantitative estimate of drug-likeness (QED) is 0.605. The van der Waals surface area contributed by atoms with Crippen LogP contribution < -0.4 is 11.1 Å². The van der Waals surface area contributed by atoms with Crippen LogP contribution in [0.25, 0.3) is 11.0 Å². The number of nitrogen functional groups attached to an aromatic ring is 1. The summed E-state index contributed by atoms with van der Waals surface area (Å²) >= 11 is 0. The van der Waals surface area contributed by atoms with Crippen LogP contribution in [0.4, 0.5) is 11.6 Å². The van der Waals surface area contributed by atoms with Gasteiger partial charge in [-0.25, -0.2) is 9.97 Å². The number of H-pyrrole nitrogens is 1. The van der Waals surface area contributed by atoms with E-state index in [0.29, 0.717) is 0 Å². The first-order chi connectivity index (χ1) is 8.81. The number of nitrogens with two attached hydrogens (primary N) is 1. The molecule has 0 aliphatic rings. The van der Waals surface area contributed by atoms with Gasteiger partial charge >= 0.3 is 0 Å². The summed E-state index contributed by atoms with van der Waals surface area (Å²) < 4.78 is 2.01. The van der Waals surface area contributed by atoms with Crippen LogP contribution >= 0.6 is 0 Å². The van der Waals surface area contributed by atoms with Crippen molar-refractivity contribution in [3.05, 3.63) is 36.9 Å². The molecule has 0 spiro atoms. The highest BCUT2D eigenvalue weighted by atomic mass is 15.1. The van der Waals surface area contributed by atoms with Gasteiger partial charge < -0.3 is 20.6 Å². The van der Waals surface area contributed by atoms with Crippen molar-refractivity contribution >= 4 is 22.7 Å². The smallest absolute Gasteiger partial charge is 0.201 e. The molecule has 0 radical (unpaired) electrons. The lowest BCUT2D eigenvalue weighted by atomic mass is 10.3. The van der Waals surface area contributed by atoms with Crippen LogP contribution in [0.5, 0.6) is 0 Å². The Hall–Kier alpha value is -2.50. The predicted molar refractivity (Wildman–Crippen MR) is 71.2 cm³/mol. The van der Waals surface area contributed by atoms with E-state index >= 15 is 0 Å². The fourth-order valence-electron chi connectivity index (χ4n) is 1.83. The molecule has 6 heteroatoms. The molecule has 0 aliphatic heterocycles. The minimum Gasteiger partial charge on any atom is -0.399 e. The number of nitrogens with one attached hydrogen (secondary N) is 2. The molecule has 0 unspecified atom stereocenters. The molecule has 0 amide bonds. The summed E-state index contributed by atoms with van der Waals surface area (Å²) in [6, 6.07) is 5.63. The van der Waals surface area contributed by atoms with E-state index in [1.807, 2.05) is 29.0 Å². The van der Waals surface area contributed by atoms with Gasteiger partial charge in [0.25, 0.3) is 0 Å². The van der Waals surface area contributed by atoms with E-state index < -0.39 is 0 Å². The highest BCUT2D eigenvalue weighted by molar-refractivity contribution is 5.80. The molecule has 0 atom stereocenters. The zero-order valence-corrected chi connectivity index (χ0v) is 9.80. The van der Waals surface area contributed by atoms with Crippen molar-refractivity contribution in [1.29, 1.82) is 0 Å². The van der Waals surface area contributed by atoms with Crippen molar-refractivity contribution < 1.29 is 0 Å². The Labute approximate surface area is 104 Å². The number of nitrogens with zero attached hydrogens (tertiary/aromatic N) is 3. The number of aromatic amines is 1. The van der Waals surface area contributed by atoms with Crippen LogP contribution in [0, 0.1) is 0 Å². The molecule has 0 bridgehead atoms. The van der Waals surface area contributed by atoms with Crippen molar-refractivity contribution in [1.82, 2.24) is 19.5 Å². The summed E-state index contributed by atoms with van der Waals surface area (Å²) in [5.41, 5.74) is 8.31. The summed E-state index contributed by atoms with van der Waals surface area (Å²) in [7, 11) is 0. The number of anilines is 2. The van der Waals surface area contributed by atoms with Gasteiger partial charge in [0.05, 0.1) is 17.4 Å². The van der Waals surface area contributed by atoms with Crippen molar-refractivity contribution in [2.24, 2.45) is 0 Å². The minimum absolute atomic E-state index is 0.733. The Morgan fingerprint density at radius 1 is 1.39 bits per heavy atom. The monoisotopic (exact) mass is 242 g/mol. The molecule has 0 aliphatic carbocycles. The zero-order chi connectivity index (χ0) is 12.4. The van der Waals surface area contributed by atoms with E-state index in [-0.39, 0.29) is 0 Å². The molecule has 3 aromatic rings. The average molecular weight is 242 g/mol. The second kappa shape index (κ2) is 4.40. The van der Waals surface area contributed by atoms with Gasteiger partial charge in [-0.3, -0.25) is 0 Å². The van der Waals surface area contributed by atoms with Gasteiger partial charge in [-0.05, 0) is 18.2 Å². The van der Waals surface area contributed by atoms with Gasteiger partial charge in [0.15, 0.2) is 0 Å². The maximum Gasteiger partial charge on any atom is 0.201 e. The Kier molecular flexibility index (Phi) is 2.60. The summed E-state index contributed by atoms with van der Waals surface area (Å²) in [5, 5.41) is 3.24. The van der Waals surface area contributed by atoms with E-state index in [1.165, 1.54) is 0 Å². The second-order valence-electron chi connectivity index (χ2n) is 4.09. The summed E-state index contributed by atoms with van der Waals surface area (Å²) in [4.78, 5) is 11.6. The molecular formula is C12H14N6. The molecule has 1 aromatic carbocycles. The van der Waals surface area contributed by atoms with Crippen LogP contribution in [0.15, 0.2) is 36.9 Å². The third kappa shape index (κ3) is 2.13. The summed E-state index contributed by atoms with van der Waals surface area (Å²) in [5.74, 6) is 0.760. The van der Waals surface area contributed by atoms with Gasteiger partial charge in [0, 0.05) is 31.2 Å². The lowest BCUT2D eigenvalue weighted by Crippen LogP contribution is -2.09. The van der Waals surface area contributed by atoms with Crippen LogP contribution in [-0.2, 0) is 6.54 Å². The first-order valence-corrected chi connectivity index (χ1v) is 5.76. The van der Waals surface area contributed by atoms with Crippen molar-refractivity contribution in [3.63, 3.8) is 0 Å². The summed E-state index contributed by atoms with van der Waals surface area (Å²) in [6.45, 7) is 1.63. The molecule has 92 valence electrons. The fourth-order valence-corrected chi connectivity index (χ4v) is 1.83. The predicted octanol–water partition coefficient (Wildman–Crippen LogP) is 1.45. The number of rotatable bonds is 4. The number of fused-ring (bicyclic) bond motifs is 1. The molecule has 6 nitrogen and oxygen atoms in total. The standard InChI is InChI=1S/C12H14N6/c13-9-1-2-10-11(7-9)17-12(16-10)15-4-6-18-5-3-14-8-18/h1-3,5,7-8H,4,6,13H2,(H2,15,16,17). The normalized spacial score (nSPS) is 10.9. The largest absolute Gasteiger partial charge is 0.399 e. The molecule has 4 N–H and O–H groups in total. The van der Waals surface area contributed by atoms with Crippen molar-refractivity contribution in [3.8, 4) is 0 Å². The third-order valence-electron chi connectivity index (χ3n) is 2.73. The lowest BCUT2D eigenvalue weighted by molar-refractivity contribution is 0.724. The van der Waals surface area contributed by atoms with E-state index in [2.05, 4.69) is 20.3 Å². The Morgan fingerprint density at radius 2 is 2.33 bits per heavy atom. The molecule has 0 saturated carbocycles. The topological polar surface area (TPSA) is 84.5 Å². The SMILES string of the molecule is Nc1ccc2nc(NCCn3ccnc3)[nH]c2c1. The number of aromatic nitrogens is 4. The fraction of sp³-hybridized carbons (Fsp3) is 0.167. The highest BCUT2D eigenvalue weighted by Crippen LogP contribution is 2.16. The van der Waals surface area contributed by atoms with Gasteiger partial charge in [-0.2, -0.15) is 0 Å². The lowest BCUT2D eigenvalue weighted by Gasteiger charge is -2.02. The van der Waals surface area contributed by atoms with Crippen LogP contribution in [0.1, 0.15) is 0 Å². The maximum atomic E-state index is 5.72. The zero-order valence-electron chi connectivity index (χ0n) is 9.80. The van der Waals surface area contributed by atoms with Gasteiger partial charge in [0.1, 0.15) is 0 Å². The second-order valence-corrected chi connectivity index (χ2v) is 4.09. The van der Waals surface area contributed by atoms with Crippen LogP contribution in [0.3, 0.4) is 0 Å². The summed E-state index contributed by atoms with van der Waals surface area (Å²) in [6.07, 6.45) is 5.49. The number of imidazole rings is 2. The molecule has 2 heterocycles. The average Bonchev–Trinajstić information content (AvgIpc) is 2.97. The Bertz CT molecular complexity index is 640. The molecule has 0 saturated heterocycles.